The molecule has 1 heterocycles. The summed E-state index contributed by atoms with van der Waals surface area (Å²) < 4.78 is 15.0. The summed E-state index contributed by atoms with van der Waals surface area (Å²) in [6.45, 7) is -0.0634. The minimum absolute atomic E-state index is 0.0634. The van der Waals surface area contributed by atoms with E-state index < -0.39 is 0 Å². The van der Waals surface area contributed by atoms with E-state index in [1.165, 1.54) is 27.5 Å². The Kier molecular flexibility index (Phi) is 6.30. The molecule has 0 spiro atoms. The smallest absolute Gasteiger partial charge is 0.257 e. The van der Waals surface area contributed by atoms with Crippen LogP contribution in [0.3, 0.4) is 0 Å². The van der Waals surface area contributed by atoms with Crippen molar-refractivity contribution >= 4 is 23.2 Å². The van der Waals surface area contributed by atoms with Crippen LogP contribution in [0.2, 0.25) is 0 Å². The predicted octanol–water partition coefficient (Wildman–Crippen LogP) is 1.94. The van der Waals surface area contributed by atoms with Gasteiger partial charge in [0.05, 0.1) is 25.5 Å². The zero-order valence-corrected chi connectivity index (χ0v) is 14.2. The van der Waals surface area contributed by atoms with Crippen molar-refractivity contribution in [1.82, 2.24) is 4.98 Å². The fourth-order valence-electron chi connectivity index (χ4n) is 2.03. The van der Waals surface area contributed by atoms with Crippen LogP contribution in [-0.4, -0.2) is 44.7 Å². The molecule has 0 saturated heterocycles. The molecule has 1 aromatic carbocycles. The quantitative estimate of drug-likeness (QED) is 0.796. The van der Waals surface area contributed by atoms with Crippen LogP contribution in [0.25, 0.3) is 0 Å². The minimum Gasteiger partial charge on any atom is -0.494 e. The molecule has 0 aliphatic rings. The number of nitrogens with zero attached hydrogens (tertiary/aromatic N) is 1. The van der Waals surface area contributed by atoms with Crippen molar-refractivity contribution in [3.8, 4) is 11.6 Å². The first-order chi connectivity index (χ1) is 12.1. The average Bonchev–Trinajstić information content (AvgIpc) is 2.63. The number of methoxy groups -OCH3 is 3. The number of carbonyl (C=O) groups is 2. The van der Waals surface area contributed by atoms with Crippen LogP contribution in [0.5, 0.6) is 11.6 Å². The van der Waals surface area contributed by atoms with Gasteiger partial charge in [-0.2, -0.15) is 0 Å². The lowest BCUT2D eigenvalue weighted by atomic mass is 10.2. The molecule has 25 heavy (non-hydrogen) atoms. The molecule has 2 N–H and O–H groups in total. The standard InChI is InChI=1S/C17H19N3O5/c1-23-10-15(21)20-13-6-5-12(8-14(13)24-2)19-17(22)11-4-7-16(25-3)18-9-11/h4-9H,10H2,1-3H3,(H,19,22)(H,20,21). The third-order valence-electron chi connectivity index (χ3n) is 3.22. The van der Waals surface area contributed by atoms with Gasteiger partial charge in [0.2, 0.25) is 11.8 Å². The Bertz CT molecular complexity index is 746. The largest absolute Gasteiger partial charge is 0.494 e. The fourth-order valence-corrected chi connectivity index (χ4v) is 2.03. The molecule has 0 atom stereocenters. The number of hydrogen-bond acceptors (Lipinski definition) is 6. The second kappa shape index (κ2) is 8.65. The van der Waals surface area contributed by atoms with Crippen molar-refractivity contribution < 1.29 is 23.8 Å². The van der Waals surface area contributed by atoms with Gasteiger partial charge in [0, 0.05) is 31.1 Å². The highest BCUT2D eigenvalue weighted by atomic mass is 16.5. The number of anilines is 2. The van der Waals surface area contributed by atoms with Gasteiger partial charge in [-0.15, -0.1) is 0 Å². The number of ether oxygens (including phenoxy) is 3. The third kappa shape index (κ3) is 4.92. The van der Waals surface area contributed by atoms with Crippen LogP contribution < -0.4 is 20.1 Å². The normalized spacial score (nSPS) is 10.0. The van der Waals surface area contributed by atoms with Crippen LogP contribution in [-0.2, 0) is 9.53 Å². The van der Waals surface area contributed by atoms with Gasteiger partial charge in [-0.1, -0.05) is 0 Å². The van der Waals surface area contributed by atoms with Crippen molar-refractivity contribution in [2.24, 2.45) is 0 Å². The Morgan fingerprint density at radius 1 is 1.04 bits per heavy atom. The number of rotatable bonds is 7. The van der Waals surface area contributed by atoms with Crippen molar-refractivity contribution in [2.45, 2.75) is 0 Å². The Hall–Kier alpha value is -3.13. The van der Waals surface area contributed by atoms with Gasteiger partial charge >= 0.3 is 0 Å². The highest BCUT2D eigenvalue weighted by Crippen LogP contribution is 2.28. The number of amides is 2. The number of carbonyl (C=O) groups excluding carboxylic acids is 2. The van der Waals surface area contributed by atoms with Crippen LogP contribution in [0, 0.1) is 0 Å². The van der Waals surface area contributed by atoms with E-state index in [9.17, 15) is 9.59 Å². The SMILES string of the molecule is COCC(=O)Nc1ccc(NC(=O)c2ccc(OC)nc2)cc1OC. The van der Waals surface area contributed by atoms with E-state index in [1.807, 2.05) is 0 Å². The Morgan fingerprint density at radius 2 is 1.84 bits per heavy atom. The summed E-state index contributed by atoms with van der Waals surface area (Å²) in [6.07, 6.45) is 1.42. The summed E-state index contributed by atoms with van der Waals surface area (Å²) in [4.78, 5) is 27.8. The topological polar surface area (TPSA) is 98.8 Å². The van der Waals surface area contributed by atoms with Crippen LogP contribution in [0.1, 0.15) is 10.4 Å². The van der Waals surface area contributed by atoms with Crippen LogP contribution >= 0.6 is 0 Å². The molecule has 0 aliphatic heterocycles. The van der Waals surface area contributed by atoms with Crippen molar-refractivity contribution in [3.63, 3.8) is 0 Å². The third-order valence-corrected chi connectivity index (χ3v) is 3.22. The maximum atomic E-state index is 12.2. The molecule has 0 fully saturated rings. The minimum atomic E-state index is -0.326. The Morgan fingerprint density at radius 3 is 2.44 bits per heavy atom. The highest BCUT2D eigenvalue weighted by molar-refractivity contribution is 6.04. The van der Waals surface area contributed by atoms with Crippen LogP contribution in [0.15, 0.2) is 36.5 Å². The summed E-state index contributed by atoms with van der Waals surface area (Å²) in [5.74, 6) is 0.208. The van der Waals surface area contributed by atoms with Crippen molar-refractivity contribution in [2.75, 3.05) is 38.6 Å². The first-order valence-corrected chi connectivity index (χ1v) is 7.35. The summed E-state index contributed by atoms with van der Waals surface area (Å²) in [7, 11) is 4.41. The van der Waals surface area contributed by atoms with Gasteiger partial charge in [0.15, 0.2) is 0 Å². The second-order valence-corrected chi connectivity index (χ2v) is 4.94. The molecule has 0 unspecified atom stereocenters. The molecule has 8 heteroatoms. The first kappa shape index (κ1) is 18.2. The predicted molar refractivity (Wildman–Crippen MR) is 92.2 cm³/mol. The lowest BCUT2D eigenvalue weighted by Gasteiger charge is -2.12. The number of hydrogen-bond donors (Lipinski definition) is 2. The lowest BCUT2D eigenvalue weighted by Crippen LogP contribution is -2.18. The monoisotopic (exact) mass is 345 g/mol. The molecule has 132 valence electrons. The maximum Gasteiger partial charge on any atom is 0.257 e. The average molecular weight is 345 g/mol. The van der Waals surface area contributed by atoms with Crippen LogP contribution in [0.4, 0.5) is 11.4 Å². The van der Waals surface area contributed by atoms with Gasteiger partial charge in [0.25, 0.3) is 5.91 Å². The zero-order chi connectivity index (χ0) is 18.2. The fraction of sp³-hybridized carbons (Fsp3) is 0.235. The summed E-state index contributed by atoms with van der Waals surface area (Å²) >= 11 is 0. The number of pyridine rings is 1. The van der Waals surface area contributed by atoms with Gasteiger partial charge < -0.3 is 24.8 Å². The van der Waals surface area contributed by atoms with E-state index >= 15 is 0 Å². The molecule has 2 aromatic rings. The molecule has 2 amide bonds. The van der Waals surface area contributed by atoms with Crippen molar-refractivity contribution in [1.29, 1.82) is 0 Å². The lowest BCUT2D eigenvalue weighted by molar-refractivity contribution is -0.119. The van der Waals surface area contributed by atoms with Gasteiger partial charge in [-0.05, 0) is 18.2 Å². The van der Waals surface area contributed by atoms with Gasteiger partial charge in [-0.3, -0.25) is 9.59 Å². The Balaban J connectivity index is 2.11. The van der Waals surface area contributed by atoms with E-state index in [2.05, 4.69) is 15.6 Å². The van der Waals surface area contributed by atoms with Crippen molar-refractivity contribution in [3.05, 3.63) is 42.1 Å². The number of aromatic nitrogens is 1. The zero-order valence-electron chi connectivity index (χ0n) is 14.2. The number of benzene rings is 1. The second-order valence-electron chi connectivity index (χ2n) is 4.94. The molecule has 0 saturated carbocycles. The van der Waals surface area contributed by atoms with E-state index in [0.717, 1.165) is 0 Å². The molecular formula is C17H19N3O5. The summed E-state index contributed by atoms with van der Waals surface area (Å²) in [5.41, 5.74) is 1.38. The highest BCUT2D eigenvalue weighted by Gasteiger charge is 2.11. The van der Waals surface area contributed by atoms with Gasteiger partial charge in [-0.25, -0.2) is 4.98 Å². The molecule has 0 aliphatic carbocycles. The maximum absolute atomic E-state index is 12.2. The van der Waals surface area contributed by atoms with E-state index in [0.29, 0.717) is 28.6 Å². The molecule has 0 radical (unpaired) electrons. The van der Waals surface area contributed by atoms with Gasteiger partial charge in [0.1, 0.15) is 12.4 Å². The van der Waals surface area contributed by atoms with E-state index in [1.54, 1.807) is 30.3 Å². The molecule has 8 nitrogen and oxygen atoms in total. The summed E-state index contributed by atoms with van der Waals surface area (Å²) in [6, 6.07) is 8.10. The number of nitrogens with one attached hydrogen (secondary N) is 2. The van der Waals surface area contributed by atoms with E-state index in [4.69, 9.17) is 14.2 Å². The summed E-state index contributed by atoms with van der Waals surface area (Å²) in [5, 5.41) is 5.40. The van der Waals surface area contributed by atoms with E-state index in [-0.39, 0.29) is 18.4 Å². The Labute approximate surface area is 145 Å². The first-order valence-electron chi connectivity index (χ1n) is 7.35. The molecule has 1 aromatic heterocycles. The molecule has 0 bridgehead atoms. The molecule has 2 rings (SSSR count). The molecular weight excluding hydrogens is 326 g/mol.